The van der Waals surface area contributed by atoms with E-state index >= 15 is 0 Å². The molecule has 5 rings (SSSR count). The zero-order valence-corrected chi connectivity index (χ0v) is 19.4. The molecule has 174 valence electrons. The molecule has 1 unspecified atom stereocenters. The van der Waals surface area contributed by atoms with Crippen LogP contribution in [0.1, 0.15) is 60.5 Å². The zero-order chi connectivity index (χ0) is 23.9. The van der Waals surface area contributed by atoms with Crippen LogP contribution in [-0.4, -0.2) is 34.8 Å². The van der Waals surface area contributed by atoms with Crippen molar-refractivity contribution < 1.29 is 19.4 Å². The number of hydrogen-bond donors (Lipinski definition) is 1. The van der Waals surface area contributed by atoms with Gasteiger partial charge in [0.25, 0.3) is 0 Å². The molecule has 1 amide bonds. The molecular formula is C28H28N2O4. The van der Waals surface area contributed by atoms with Crippen LogP contribution in [0.2, 0.25) is 0 Å². The average molecular weight is 457 g/mol. The Hall–Kier alpha value is -3.67. The van der Waals surface area contributed by atoms with E-state index in [4.69, 9.17) is 4.74 Å². The normalized spacial score (nSPS) is 18.2. The van der Waals surface area contributed by atoms with Crippen molar-refractivity contribution in [2.24, 2.45) is 5.41 Å². The van der Waals surface area contributed by atoms with Crippen molar-refractivity contribution in [2.75, 3.05) is 11.5 Å². The molecule has 3 aromatic rings. The summed E-state index contributed by atoms with van der Waals surface area (Å²) in [4.78, 5) is 31.3. The Morgan fingerprint density at radius 1 is 1.03 bits per heavy atom. The minimum absolute atomic E-state index is 0.000661. The maximum atomic E-state index is 13.6. The van der Waals surface area contributed by atoms with E-state index in [9.17, 15) is 14.7 Å². The fourth-order valence-corrected chi connectivity index (χ4v) is 5.45. The maximum absolute atomic E-state index is 13.6. The second kappa shape index (κ2) is 8.60. The van der Waals surface area contributed by atoms with Gasteiger partial charge in [0.05, 0.1) is 0 Å². The minimum atomic E-state index is -1.11. The van der Waals surface area contributed by atoms with Gasteiger partial charge in [-0.1, -0.05) is 62.4 Å². The van der Waals surface area contributed by atoms with Crippen molar-refractivity contribution in [3.63, 3.8) is 0 Å². The van der Waals surface area contributed by atoms with E-state index in [1.165, 1.54) is 17.2 Å². The highest BCUT2D eigenvalue weighted by atomic mass is 16.6. The molecular weight excluding hydrogens is 428 g/mol. The monoisotopic (exact) mass is 456 g/mol. The van der Waals surface area contributed by atoms with Crippen molar-refractivity contribution in [3.05, 3.63) is 83.6 Å². The highest BCUT2D eigenvalue weighted by molar-refractivity contribution is 5.99. The summed E-state index contributed by atoms with van der Waals surface area (Å²) in [6.07, 6.45) is 3.44. The number of pyridine rings is 1. The number of carbonyl (C=O) groups is 2. The second-order valence-corrected chi connectivity index (χ2v) is 9.91. The molecule has 1 aromatic heterocycles. The van der Waals surface area contributed by atoms with Gasteiger partial charge in [0.1, 0.15) is 12.2 Å². The van der Waals surface area contributed by atoms with Crippen LogP contribution in [0.15, 0.2) is 66.9 Å². The first kappa shape index (κ1) is 22.1. The molecule has 1 heterocycles. The molecule has 1 N–H and O–H groups in total. The van der Waals surface area contributed by atoms with Crippen molar-refractivity contribution >= 4 is 17.9 Å². The van der Waals surface area contributed by atoms with E-state index < -0.39 is 12.1 Å². The van der Waals surface area contributed by atoms with E-state index in [1.807, 2.05) is 24.3 Å². The van der Waals surface area contributed by atoms with Crippen molar-refractivity contribution in [1.82, 2.24) is 4.98 Å². The van der Waals surface area contributed by atoms with Crippen LogP contribution in [0.4, 0.5) is 10.6 Å². The van der Waals surface area contributed by atoms with Gasteiger partial charge in [-0.2, -0.15) is 0 Å². The van der Waals surface area contributed by atoms with E-state index in [0.717, 1.165) is 41.5 Å². The molecule has 2 aliphatic rings. The van der Waals surface area contributed by atoms with Gasteiger partial charge in [0, 0.05) is 18.2 Å². The van der Waals surface area contributed by atoms with Gasteiger partial charge in [-0.05, 0) is 59.1 Å². The SMILES string of the molecule is CC1(C)CCC(N(C(=O)OCC2c3ccccc3-c3ccccc32)c2ncccc2C(=O)O)C1. The first-order chi connectivity index (χ1) is 16.4. The molecule has 0 radical (unpaired) electrons. The summed E-state index contributed by atoms with van der Waals surface area (Å²) in [5.74, 6) is -1.03. The van der Waals surface area contributed by atoms with E-state index in [-0.39, 0.29) is 35.4 Å². The zero-order valence-electron chi connectivity index (χ0n) is 19.4. The van der Waals surface area contributed by atoms with Crippen LogP contribution >= 0.6 is 0 Å². The summed E-state index contributed by atoms with van der Waals surface area (Å²) in [7, 11) is 0. The Morgan fingerprint density at radius 3 is 2.26 bits per heavy atom. The maximum Gasteiger partial charge on any atom is 0.415 e. The van der Waals surface area contributed by atoms with Crippen LogP contribution in [0.3, 0.4) is 0 Å². The number of aromatic carboxylic acids is 1. The fraction of sp³-hybridized carbons (Fsp3) is 0.321. The van der Waals surface area contributed by atoms with Gasteiger partial charge in [-0.25, -0.2) is 14.6 Å². The highest BCUT2D eigenvalue weighted by Gasteiger charge is 2.40. The number of benzene rings is 2. The standard InChI is InChI=1S/C28H28N2O4/c1-28(2)14-13-18(16-28)30(25-23(26(31)32)12-7-15-29-25)27(33)34-17-24-21-10-5-3-8-19(21)20-9-4-6-11-22(20)24/h3-12,15,18,24H,13-14,16-17H2,1-2H3,(H,31,32). The average Bonchev–Trinajstić information content (AvgIpc) is 3.35. The number of carboxylic acids is 1. The first-order valence-corrected chi connectivity index (χ1v) is 11.7. The Bertz CT molecular complexity index is 1210. The largest absolute Gasteiger partial charge is 0.478 e. The van der Waals surface area contributed by atoms with Gasteiger partial charge in [-0.15, -0.1) is 0 Å². The topological polar surface area (TPSA) is 79.7 Å². The number of aromatic nitrogens is 1. The molecule has 6 heteroatoms. The van der Waals surface area contributed by atoms with Crippen LogP contribution in [-0.2, 0) is 4.74 Å². The molecule has 6 nitrogen and oxygen atoms in total. The van der Waals surface area contributed by atoms with Gasteiger partial charge in [0.2, 0.25) is 0 Å². The van der Waals surface area contributed by atoms with Gasteiger partial charge in [0.15, 0.2) is 5.82 Å². The Morgan fingerprint density at radius 2 is 1.68 bits per heavy atom. The van der Waals surface area contributed by atoms with E-state index in [1.54, 1.807) is 6.07 Å². The van der Waals surface area contributed by atoms with Crippen LogP contribution < -0.4 is 4.90 Å². The van der Waals surface area contributed by atoms with Crippen molar-refractivity contribution in [3.8, 4) is 11.1 Å². The summed E-state index contributed by atoms with van der Waals surface area (Å²) in [6, 6.07) is 19.3. The highest BCUT2D eigenvalue weighted by Crippen LogP contribution is 2.45. The van der Waals surface area contributed by atoms with Crippen LogP contribution in [0.25, 0.3) is 11.1 Å². The van der Waals surface area contributed by atoms with Gasteiger partial charge >= 0.3 is 12.1 Å². The summed E-state index contributed by atoms with van der Waals surface area (Å²) < 4.78 is 5.93. The molecule has 1 atom stereocenters. The van der Waals surface area contributed by atoms with E-state index in [0.29, 0.717) is 0 Å². The number of carboxylic acid groups (broad SMARTS) is 1. The summed E-state index contributed by atoms with van der Waals surface area (Å²) in [6.45, 7) is 4.51. The lowest BCUT2D eigenvalue weighted by Crippen LogP contribution is -2.42. The number of hydrogen-bond acceptors (Lipinski definition) is 4. The molecule has 0 spiro atoms. The van der Waals surface area contributed by atoms with Crippen LogP contribution in [0, 0.1) is 5.41 Å². The van der Waals surface area contributed by atoms with E-state index in [2.05, 4.69) is 43.1 Å². The number of ether oxygens (including phenoxy) is 1. The first-order valence-electron chi connectivity index (χ1n) is 11.7. The Labute approximate surface area is 199 Å². The predicted molar refractivity (Wildman–Crippen MR) is 130 cm³/mol. The molecule has 0 saturated heterocycles. The molecule has 2 aliphatic carbocycles. The van der Waals surface area contributed by atoms with Crippen LogP contribution in [0.5, 0.6) is 0 Å². The quantitative estimate of drug-likeness (QED) is 0.501. The molecule has 0 bridgehead atoms. The smallest absolute Gasteiger partial charge is 0.415 e. The lowest BCUT2D eigenvalue weighted by atomic mass is 9.91. The third kappa shape index (κ3) is 3.94. The van der Waals surface area contributed by atoms with Crippen molar-refractivity contribution in [2.45, 2.75) is 45.1 Å². The molecule has 34 heavy (non-hydrogen) atoms. The molecule has 1 fully saturated rings. The minimum Gasteiger partial charge on any atom is -0.478 e. The third-order valence-electron chi connectivity index (χ3n) is 7.09. The van der Waals surface area contributed by atoms with Gasteiger partial charge in [-0.3, -0.25) is 4.90 Å². The van der Waals surface area contributed by atoms with Crippen molar-refractivity contribution in [1.29, 1.82) is 0 Å². The number of carbonyl (C=O) groups excluding carboxylic acids is 1. The predicted octanol–water partition coefficient (Wildman–Crippen LogP) is 6.11. The Balaban J connectivity index is 1.45. The lowest BCUT2D eigenvalue weighted by molar-refractivity contribution is 0.0697. The summed E-state index contributed by atoms with van der Waals surface area (Å²) >= 11 is 0. The molecule has 2 aromatic carbocycles. The summed E-state index contributed by atoms with van der Waals surface area (Å²) in [5.41, 5.74) is 4.65. The summed E-state index contributed by atoms with van der Waals surface area (Å²) in [5, 5.41) is 9.74. The molecule has 0 aliphatic heterocycles. The number of rotatable bonds is 5. The molecule has 1 saturated carbocycles. The Kier molecular flexibility index (Phi) is 5.60. The number of amides is 1. The van der Waals surface area contributed by atoms with Gasteiger partial charge < -0.3 is 9.84 Å². The second-order valence-electron chi connectivity index (χ2n) is 9.91. The number of fused-ring (bicyclic) bond motifs is 3. The third-order valence-corrected chi connectivity index (χ3v) is 7.09. The lowest BCUT2D eigenvalue weighted by Gasteiger charge is -2.30. The fourth-order valence-electron chi connectivity index (χ4n) is 5.45. The number of nitrogens with zero attached hydrogens (tertiary/aromatic N) is 2. The number of anilines is 1.